The van der Waals surface area contributed by atoms with Crippen molar-refractivity contribution in [2.24, 2.45) is 0 Å². The fourth-order valence-electron chi connectivity index (χ4n) is 2.74. The van der Waals surface area contributed by atoms with Gasteiger partial charge in [-0.05, 0) is 26.0 Å². The molecule has 0 aliphatic rings. The lowest BCUT2D eigenvalue weighted by Crippen LogP contribution is -2.13. The summed E-state index contributed by atoms with van der Waals surface area (Å²) in [6.45, 7) is 3.59. The van der Waals surface area contributed by atoms with Gasteiger partial charge in [-0.25, -0.2) is 0 Å². The van der Waals surface area contributed by atoms with Crippen molar-refractivity contribution in [1.29, 1.82) is 0 Å². The second-order valence-electron chi connectivity index (χ2n) is 6.31. The molecule has 0 bridgehead atoms. The first kappa shape index (κ1) is 19.0. The van der Waals surface area contributed by atoms with Crippen LogP contribution in [0, 0.1) is 0 Å². The van der Waals surface area contributed by atoms with E-state index in [1.807, 2.05) is 6.07 Å². The number of benzene rings is 2. The second kappa shape index (κ2) is 8.31. The van der Waals surface area contributed by atoms with Crippen molar-refractivity contribution >= 4 is 34.5 Å². The van der Waals surface area contributed by atoms with E-state index in [9.17, 15) is 14.7 Å². The number of aromatic hydroxyl groups is 1. The van der Waals surface area contributed by atoms with Gasteiger partial charge in [0, 0.05) is 17.0 Å². The molecular weight excluding hydrogens is 364 g/mol. The lowest BCUT2D eigenvalue weighted by molar-refractivity contribution is -0.144. The lowest BCUT2D eigenvalue weighted by Gasteiger charge is -2.07. The van der Waals surface area contributed by atoms with Crippen LogP contribution in [0.4, 0.5) is 0 Å². The van der Waals surface area contributed by atoms with Gasteiger partial charge in [0.1, 0.15) is 17.1 Å². The summed E-state index contributed by atoms with van der Waals surface area (Å²) in [6.07, 6.45) is -0.164. The number of furan rings is 1. The van der Waals surface area contributed by atoms with E-state index in [-0.39, 0.29) is 29.4 Å². The van der Waals surface area contributed by atoms with Crippen molar-refractivity contribution in [2.45, 2.75) is 25.7 Å². The fourth-order valence-corrected chi connectivity index (χ4v) is 3.47. The van der Waals surface area contributed by atoms with Gasteiger partial charge in [-0.2, -0.15) is 0 Å². The van der Waals surface area contributed by atoms with Gasteiger partial charge < -0.3 is 14.3 Å². The summed E-state index contributed by atoms with van der Waals surface area (Å²) in [5.74, 6) is 0.595. The molecule has 0 aliphatic heterocycles. The molecule has 0 spiro atoms. The van der Waals surface area contributed by atoms with Crippen LogP contribution in [-0.4, -0.2) is 28.7 Å². The molecule has 0 unspecified atom stereocenters. The first-order chi connectivity index (χ1) is 13.0. The van der Waals surface area contributed by atoms with Gasteiger partial charge in [0.2, 0.25) is 0 Å². The molecule has 1 heterocycles. The summed E-state index contributed by atoms with van der Waals surface area (Å²) in [5, 5.41) is 10.3. The van der Waals surface area contributed by atoms with Crippen LogP contribution in [0.2, 0.25) is 0 Å². The normalized spacial score (nSPS) is 11.1. The Morgan fingerprint density at radius 3 is 2.59 bits per heavy atom. The molecule has 0 saturated carbocycles. The number of hydrogen-bond acceptors (Lipinski definition) is 6. The number of esters is 1. The predicted octanol–water partition coefficient (Wildman–Crippen LogP) is 4.55. The molecule has 27 heavy (non-hydrogen) atoms. The third-order valence-electron chi connectivity index (χ3n) is 3.83. The van der Waals surface area contributed by atoms with Gasteiger partial charge in [-0.15, -0.1) is 11.8 Å². The Bertz CT molecular complexity index is 959. The molecule has 1 N–H and O–H groups in total. The summed E-state index contributed by atoms with van der Waals surface area (Å²) >= 11 is 1.32. The number of phenolic OH excluding ortho intramolecular Hbond substituents is 1. The topological polar surface area (TPSA) is 76.7 Å². The van der Waals surface area contributed by atoms with Crippen LogP contribution in [0.5, 0.6) is 5.75 Å². The highest BCUT2D eigenvalue weighted by molar-refractivity contribution is 7.99. The van der Waals surface area contributed by atoms with E-state index in [0.29, 0.717) is 33.6 Å². The Hall–Kier alpha value is -2.73. The Labute approximate surface area is 161 Å². The molecular formula is C21H20O5S. The maximum atomic E-state index is 13.0. The monoisotopic (exact) mass is 384 g/mol. The average molecular weight is 384 g/mol. The molecule has 0 atom stereocenters. The summed E-state index contributed by atoms with van der Waals surface area (Å²) in [5.41, 5.74) is 1.45. The number of hydrogen-bond donors (Lipinski definition) is 1. The van der Waals surface area contributed by atoms with E-state index < -0.39 is 0 Å². The van der Waals surface area contributed by atoms with Gasteiger partial charge in [0.25, 0.3) is 0 Å². The molecule has 5 nitrogen and oxygen atoms in total. The molecule has 1 aromatic heterocycles. The van der Waals surface area contributed by atoms with E-state index in [0.717, 1.165) is 0 Å². The third-order valence-corrected chi connectivity index (χ3v) is 4.74. The average Bonchev–Trinajstić information content (AvgIpc) is 2.98. The zero-order chi connectivity index (χ0) is 19.4. The highest BCUT2D eigenvalue weighted by atomic mass is 32.2. The zero-order valence-electron chi connectivity index (χ0n) is 15.1. The van der Waals surface area contributed by atoms with Crippen LogP contribution >= 0.6 is 11.8 Å². The minimum Gasteiger partial charge on any atom is -0.508 e. The molecule has 2 aromatic carbocycles. The van der Waals surface area contributed by atoms with Crippen molar-refractivity contribution in [3.8, 4) is 5.75 Å². The first-order valence-corrected chi connectivity index (χ1v) is 9.72. The Morgan fingerprint density at radius 1 is 1.15 bits per heavy atom. The smallest absolute Gasteiger partial charge is 0.316 e. The summed E-state index contributed by atoms with van der Waals surface area (Å²) in [7, 11) is 0. The Balaban J connectivity index is 1.89. The third kappa shape index (κ3) is 4.52. The second-order valence-corrected chi connectivity index (χ2v) is 7.29. The highest BCUT2D eigenvalue weighted by Crippen LogP contribution is 2.32. The van der Waals surface area contributed by atoms with Crippen molar-refractivity contribution in [3.63, 3.8) is 0 Å². The number of ether oxygens (including phenoxy) is 1. The number of ketones is 1. The summed E-state index contributed by atoms with van der Waals surface area (Å²) < 4.78 is 11.0. The van der Waals surface area contributed by atoms with Gasteiger partial charge in [-0.1, -0.05) is 30.3 Å². The quantitative estimate of drug-likeness (QED) is 0.475. The number of thioether (sulfide) groups is 1. The van der Waals surface area contributed by atoms with E-state index in [2.05, 4.69) is 0 Å². The lowest BCUT2D eigenvalue weighted by atomic mass is 10.0. The largest absolute Gasteiger partial charge is 0.508 e. The van der Waals surface area contributed by atoms with Crippen molar-refractivity contribution in [2.75, 3.05) is 5.75 Å². The summed E-state index contributed by atoms with van der Waals surface area (Å²) in [6, 6.07) is 13.6. The minimum absolute atomic E-state index is 0.0645. The van der Waals surface area contributed by atoms with Gasteiger partial charge in [-0.3, -0.25) is 9.59 Å². The standard InChI is InChI=1S/C21H20O5S/c1-13(2)25-19(23)12-27-11-18-20(21(24)14-6-4-3-5-7-14)16-9-8-15(22)10-17(16)26-18/h3-10,13,22H,11-12H2,1-2H3. The van der Waals surface area contributed by atoms with Crippen molar-refractivity contribution in [3.05, 3.63) is 65.4 Å². The van der Waals surface area contributed by atoms with Crippen LogP contribution in [0.3, 0.4) is 0 Å². The number of carbonyl (C=O) groups excluding carboxylic acids is 2. The van der Waals surface area contributed by atoms with Crippen LogP contribution in [0.25, 0.3) is 11.0 Å². The van der Waals surface area contributed by atoms with Crippen molar-refractivity contribution in [1.82, 2.24) is 0 Å². The fraction of sp³-hybridized carbons (Fsp3) is 0.238. The van der Waals surface area contributed by atoms with Gasteiger partial charge in [0.15, 0.2) is 5.78 Å². The van der Waals surface area contributed by atoms with Gasteiger partial charge >= 0.3 is 5.97 Å². The van der Waals surface area contributed by atoms with Crippen LogP contribution in [0.15, 0.2) is 52.9 Å². The minimum atomic E-state index is -0.306. The molecule has 0 fully saturated rings. The van der Waals surface area contributed by atoms with Gasteiger partial charge in [0.05, 0.1) is 23.2 Å². The maximum Gasteiger partial charge on any atom is 0.316 e. The van der Waals surface area contributed by atoms with E-state index in [1.165, 1.54) is 23.9 Å². The maximum absolute atomic E-state index is 13.0. The number of fused-ring (bicyclic) bond motifs is 1. The molecule has 0 saturated heterocycles. The molecule has 3 rings (SSSR count). The van der Waals surface area contributed by atoms with E-state index in [4.69, 9.17) is 9.15 Å². The number of phenols is 1. The Kier molecular flexibility index (Phi) is 5.86. The molecule has 0 radical (unpaired) electrons. The number of carbonyl (C=O) groups is 2. The molecule has 140 valence electrons. The van der Waals surface area contributed by atoms with Crippen molar-refractivity contribution < 1.29 is 23.8 Å². The van der Waals surface area contributed by atoms with E-state index >= 15 is 0 Å². The molecule has 0 amide bonds. The molecule has 6 heteroatoms. The zero-order valence-corrected chi connectivity index (χ0v) is 15.9. The molecule has 3 aromatic rings. The Morgan fingerprint density at radius 2 is 1.89 bits per heavy atom. The highest BCUT2D eigenvalue weighted by Gasteiger charge is 2.22. The predicted molar refractivity (Wildman–Crippen MR) is 105 cm³/mol. The van der Waals surface area contributed by atoms with E-state index in [1.54, 1.807) is 44.2 Å². The SMILES string of the molecule is CC(C)OC(=O)CSCc1oc2cc(O)ccc2c1C(=O)c1ccccc1. The van der Waals surface area contributed by atoms with Crippen LogP contribution in [-0.2, 0) is 15.3 Å². The first-order valence-electron chi connectivity index (χ1n) is 8.57. The number of rotatable bonds is 7. The van der Waals surface area contributed by atoms with Crippen LogP contribution in [0.1, 0.15) is 35.5 Å². The summed E-state index contributed by atoms with van der Waals surface area (Å²) in [4.78, 5) is 24.8. The van der Waals surface area contributed by atoms with Crippen LogP contribution < -0.4 is 0 Å². The molecule has 0 aliphatic carbocycles.